The lowest BCUT2D eigenvalue weighted by molar-refractivity contribution is 0.0332. The number of H-pyrrole nitrogens is 1. The molecular weight excluding hydrogens is 396 g/mol. The van der Waals surface area contributed by atoms with Crippen molar-refractivity contribution in [1.29, 1.82) is 0 Å². The Hall–Kier alpha value is -2.40. The first-order valence-corrected chi connectivity index (χ1v) is 12.6. The van der Waals surface area contributed by atoms with Crippen molar-refractivity contribution in [2.24, 2.45) is 7.05 Å². The molecule has 3 aliphatic rings. The molecule has 0 atom stereocenters. The number of pyridine rings is 1. The summed E-state index contributed by atoms with van der Waals surface area (Å²) in [5.41, 5.74) is 7.00. The fourth-order valence-corrected chi connectivity index (χ4v) is 5.94. The van der Waals surface area contributed by atoms with Gasteiger partial charge in [-0.2, -0.15) is 5.10 Å². The van der Waals surface area contributed by atoms with Crippen LogP contribution in [-0.2, 0) is 32.9 Å². The van der Waals surface area contributed by atoms with E-state index in [0.29, 0.717) is 0 Å². The van der Waals surface area contributed by atoms with E-state index in [1.165, 1.54) is 60.6 Å². The van der Waals surface area contributed by atoms with E-state index in [-0.39, 0.29) is 5.56 Å². The van der Waals surface area contributed by atoms with Gasteiger partial charge in [-0.15, -0.1) is 0 Å². The highest BCUT2D eigenvalue weighted by Crippen LogP contribution is 2.35. The molecule has 1 N–H and O–H groups in total. The number of hydrogen-bond acceptors (Lipinski definition) is 3. The molecule has 3 aromatic rings. The molecule has 6 rings (SSSR count). The van der Waals surface area contributed by atoms with E-state index in [0.717, 1.165) is 67.6 Å². The molecule has 2 aromatic heterocycles. The van der Waals surface area contributed by atoms with E-state index < -0.39 is 0 Å². The minimum Gasteiger partial charge on any atom is -0.307 e. The molecule has 5 nitrogen and oxygen atoms in total. The number of rotatable bonds is 6. The van der Waals surface area contributed by atoms with Crippen molar-refractivity contribution in [3.63, 3.8) is 0 Å². The van der Waals surface area contributed by atoms with Crippen LogP contribution in [0.5, 0.6) is 0 Å². The molecule has 0 spiro atoms. The van der Waals surface area contributed by atoms with Gasteiger partial charge in [0.25, 0.3) is 5.56 Å². The molecule has 0 radical (unpaired) electrons. The van der Waals surface area contributed by atoms with Gasteiger partial charge in [0.05, 0.1) is 5.69 Å². The lowest BCUT2D eigenvalue weighted by atomic mass is 9.84. The third-order valence-corrected chi connectivity index (χ3v) is 8.24. The normalized spacial score (nSPS) is 19.2. The van der Waals surface area contributed by atoms with Crippen molar-refractivity contribution in [2.75, 3.05) is 0 Å². The van der Waals surface area contributed by atoms with Crippen LogP contribution < -0.4 is 5.56 Å². The predicted molar refractivity (Wildman–Crippen MR) is 128 cm³/mol. The topological polar surface area (TPSA) is 53.9 Å². The van der Waals surface area contributed by atoms with Crippen molar-refractivity contribution in [3.05, 3.63) is 62.6 Å². The molecule has 2 heterocycles. The van der Waals surface area contributed by atoms with Gasteiger partial charge in [0.2, 0.25) is 0 Å². The van der Waals surface area contributed by atoms with Crippen LogP contribution in [0, 0.1) is 0 Å². The Labute approximate surface area is 189 Å². The summed E-state index contributed by atoms with van der Waals surface area (Å²) in [7, 11) is 1.94. The van der Waals surface area contributed by atoms with Crippen LogP contribution in [0.4, 0.5) is 0 Å². The van der Waals surface area contributed by atoms with Crippen LogP contribution >= 0.6 is 0 Å². The number of aromatic amines is 1. The van der Waals surface area contributed by atoms with Gasteiger partial charge in [-0.05, 0) is 68.1 Å². The second kappa shape index (κ2) is 8.18. The first kappa shape index (κ1) is 20.2. The second-order valence-electron chi connectivity index (χ2n) is 10.2. The molecule has 0 saturated heterocycles. The van der Waals surface area contributed by atoms with Crippen molar-refractivity contribution in [2.45, 2.75) is 89.3 Å². The highest BCUT2D eigenvalue weighted by atomic mass is 16.1. The molecule has 5 heteroatoms. The van der Waals surface area contributed by atoms with E-state index >= 15 is 0 Å². The molecule has 2 saturated carbocycles. The summed E-state index contributed by atoms with van der Waals surface area (Å²) in [4.78, 5) is 18.5. The Kier molecular flexibility index (Phi) is 5.17. The van der Waals surface area contributed by atoms with Gasteiger partial charge < -0.3 is 4.98 Å². The summed E-state index contributed by atoms with van der Waals surface area (Å²) < 4.78 is 1.85. The average molecular weight is 431 g/mol. The Morgan fingerprint density at radius 1 is 0.938 bits per heavy atom. The van der Waals surface area contributed by atoms with Gasteiger partial charge in [-0.3, -0.25) is 14.4 Å². The number of fused-ring (bicyclic) bond motifs is 3. The highest BCUT2D eigenvalue weighted by Gasteiger charge is 2.33. The minimum absolute atomic E-state index is 0.0774. The highest BCUT2D eigenvalue weighted by molar-refractivity contribution is 5.84. The summed E-state index contributed by atoms with van der Waals surface area (Å²) in [6, 6.07) is 10.8. The van der Waals surface area contributed by atoms with Crippen molar-refractivity contribution < 1.29 is 0 Å². The summed E-state index contributed by atoms with van der Waals surface area (Å²) in [5.74, 6) is 0. The van der Waals surface area contributed by atoms with Crippen molar-refractivity contribution >= 4 is 11.0 Å². The fraction of sp³-hybridized carbons (Fsp3) is 0.556. The zero-order chi connectivity index (χ0) is 21.7. The number of aryl methyl sites for hydroxylation is 2. The lowest BCUT2D eigenvalue weighted by Gasteiger charge is -2.46. The number of benzene rings is 1. The second-order valence-corrected chi connectivity index (χ2v) is 10.2. The largest absolute Gasteiger partial charge is 0.307 e. The van der Waals surface area contributed by atoms with Gasteiger partial charge in [0, 0.05) is 43.0 Å². The summed E-state index contributed by atoms with van der Waals surface area (Å²) >= 11 is 0. The van der Waals surface area contributed by atoms with E-state index in [1.54, 1.807) is 0 Å². The monoisotopic (exact) mass is 430 g/mol. The summed E-state index contributed by atoms with van der Waals surface area (Å²) in [6.45, 7) is 1.09. The van der Waals surface area contributed by atoms with Crippen molar-refractivity contribution in [3.8, 4) is 0 Å². The fourth-order valence-electron chi connectivity index (χ4n) is 5.94. The molecule has 0 unspecified atom stereocenters. The van der Waals surface area contributed by atoms with E-state index in [2.05, 4.69) is 34.1 Å². The predicted octanol–water partition coefficient (Wildman–Crippen LogP) is 4.64. The molecule has 2 fully saturated rings. The Morgan fingerprint density at radius 3 is 2.19 bits per heavy atom. The number of nitrogens with zero attached hydrogens (tertiary/aromatic N) is 3. The first-order chi connectivity index (χ1) is 15.7. The van der Waals surface area contributed by atoms with Crippen LogP contribution in [0.25, 0.3) is 11.0 Å². The average Bonchev–Trinajstić information content (AvgIpc) is 3.02. The third-order valence-electron chi connectivity index (χ3n) is 8.24. The summed E-state index contributed by atoms with van der Waals surface area (Å²) in [6.07, 6.45) is 13.3. The Balaban J connectivity index is 1.25. The maximum Gasteiger partial charge on any atom is 0.253 e. The van der Waals surface area contributed by atoms with Gasteiger partial charge in [-0.25, -0.2) is 0 Å². The molecular formula is C27H34N4O. The molecule has 0 aliphatic heterocycles. The Morgan fingerprint density at radius 2 is 1.56 bits per heavy atom. The van der Waals surface area contributed by atoms with Crippen molar-refractivity contribution in [1.82, 2.24) is 19.7 Å². The number of aromatic nitrogens is 3. The standard InChI is InChI=1S/C27H34N4O/c1-30-26-25(22-10-2-3-11-23(22)27(32)28-26)24(29-30)16-18-12-14-19(15-13-18)17-31(20-6-4-7-20)21-8-5-9-21/h12-15,20-21H,2-11,16-17H2,1H3,(H,28,32). The van der Waals surface area contributed by atoms with Crippen LogP contribution in [0.15, 0.2) is 29.1 Å². The third kappa shape index (κ3) is 3.51. The molecule has 1 aromatic carbocycles. The number of nitrogens with one attached hydrogen (secondary N) is 1. The quantitative estimate of drug-likeness (QED) is 0.620. The SMILES string of the molecule is Cn1nc(Cc2ccc(CN(C3CCC3)C3CCC3)cc2)c2c3c(c(=O)[nH]c21)CCCC3. The first-order valence-electron chi connectivity index (χ1n) is 12.6. The summed E-state index contributed by atoms with van der Waals surface area (Å²) in [5, 5.41) is 6.01. The smallest absolute Gasteiger partial charge is 0.253 e. The van der Waals surface area contributed by atoms with Gasteiger partial charge >= 0.3 is 0 Å². The molecule has 0 amide bonds. The van der Waals surface area contributed by atoms with E-state index in [9.17, 15) is 4.79 Å². The van der Waals surface area contributed by atoms with Gasteiger partial charge in [0.15, 0.2) is 0 Å². The number of hydrogen-bond donors (Lipinski definition) is 1. The van der Waals surface area contributed by atoms with Crippen LogP contribution in [-0.4, -0.2) is 31.7 Å². The van der Waals surface area contributed by atoms with Gasteiger partial charge in [-0.1, -0.05) is 37.1 Å². The molecule has 0 bridgehead atoms. The van der Waals surface area contributed by atoms with Crippen LogP contribution in [0.1, 0.15) is 79.3 Å². The van der Waals surface area contributed by atoms with Gasteiger partial charge in [0.1, 0.15) is 5.65 Å². The molecule has 3 aliphatic carbocycles. The minimum atomic E-state index is 0.0774. The van der Waals surface area contributed by atoms with E-state index in [4.69, 9.17) is 5.10 Å². The lowest BCUT2D eigenvalue weighted by Crippen LogP contribution is -2.48. The zero-order valence-electron chi connectivity index (χ0n) is 19.2. The van der Waals surface area contributed by atoms with Crippen LogP contribution in [0.2, 0.25) is 0 Å². The maximum absolute atomic E-state index is 12.6. The van der Waals surface area contributed by atoms with Crippen LogP contribution in [0.3, 0.4) is 0 Å². The van der Waals surface area contributed by atoms with E-state index in [1.807, 2.05) is 11.7 Å². The molecule has 168 valence electrons. The maximum atomic E-state index is 12.6. The molecule has 32 heavy (non-hydrogen) atoms. The zero-order valence-corrected chi connectivity index (χ0v) is 19.2. The Bertz CT molecular complexity index is 1170.